The van der Waals surface area contributed by atoms with Gasteiger partial charge >= 0.3 is 0 Å². The first-order chi connectivity index (χ1) is 6.73. The summed E-state index contributed by atoms with van der Waals surface area (Å²) in [4.78, 5) is 0. The Morgan fingerprint density at radius 2 is 1.43 bits per heavy atom. The van der Waals surface area contributed by atoms with E-state index in [2.05, 4.69) is 50.8 Å². The number of benzene rings is 1. The molecule has 0 unspecified atom stereocenters. The molecule has 1 heteroatoms. The van der Waals surface area contributed by atoms with Crippen molar-refractivity contribution in [3.8, 4) is 0 Å². The molecule has 1 rings (SSSR count). The van der Waals surface area contributed by atoms with Crippen LogP contribution in [0, 0.1) is 0 Å². The molecule has 0 bridgehead atoms. The Morgan fingerprint density at radius 3 is 1.86 bits per heavy atom. The average molecular weight is 209 g/mol. The van der Waals surface area contributed by atoms with Gasteiger partial charge in [0.25, 0.3) is 0 Å². The number of hydrogen-bond donors (Lipinski definition) is 0. The lowest BCUT2D eigenvalue weighted by Gasteiger charge is -2.21. The van der Waals surface area contributed by atoms with E-state index in [0.717, 1.165) is 0 Å². The van der Waals surface area contributed by atoms with Crippen LogP contribution in [0.4, 0.5) is 0 Å². The standard InChI is InChI=1S/C13H22P/c1-4-11-14(3,12-5-2)13-9-7-6-8-10-13/h6-10H,4-5,11-12H2,1-3H3/q+1. The Labute approximate surface area is 89.1 Å². The lowest BCUT2D eigenvalue weighted by Crippen LogP contribution is -2.15. The minimum atomic E-state index is -0.822. The van der Waals surface area contributed by atoms with Gasteiger partial charge in [0.2, 0.25) is 0 Å². The van der Waals surface area contributed by atoms with E-state index in [1.807, 2.05) is 0 Å². The van der Waals surface area contributed by atoms with Crippen molar-refractivity contribution < 1.29 is 0 Å². The molecule has 78 valence electrons. The smallest absolute Gasteiger partial charge is 0.0620 e. The van der Waals surface area contributed by atoms with Crippen LogP contribution in [0.25, 0.3) is 0 Å². The molecule has 0 atom stereocenters. The van der Waals surface area contributed by atoms with Crippen molar-refractivity contribution in [1.82, 2.24) is 0 Å². The van der Waals surface area contributed by atoms with Crippen LogP contribution < -0.4 is 5.30 Å². The summed E-state index contributed by atoms with van der Waals surface area (Å²) in [5, 5.41) is 1.61. The summed E-state index contributed by atoms with van der Waals surface area (Å²) in [6.07, 6.45) is 5.45. The van der Waals surface area contributed by atoms with Crippen LogP contribution in [-0.4, -0.2) is 19.0 Å². The third kappa shape index (κ3) is 2.82. The van der Waals surface area contributed by atoms with E-state index in [9.17, 15) is 0 Å². The fourth-order valence-corrected chi connectivity index (χ4v) is 5.75. The fourth-order valence-electron chi connectivity index (χ4n) is 2.14. The summed E-state index contributed by atoms with van der Waals surface area (Å²) < 4.78 is 0. The van der Waals surface area contributed by atoms with Gasteiger partial charge in [-0.2, -0.15) is 0 Å². The molecule has 0 heterocycles. The quantitative estimate of drug-likeness (QED) is 0.647. The van der Waals surface area contributed by atoms with E-state index in [-0.39, 0.29) is 0 Å². The molecule has 0 aromatic heterocycles. The highest BCUT2D eigenvalue weighted by Crippen LogP contribution is 2.54. The van der Waals surface area contributed by atoms with Crippen molar-refractivity contribution >= 4 is 12.6 Å². The van der Waals surface area contributed by atoms with Crippen LogP contribution in [0.3, 0.4) is 0 Å². The van der Waals surface area contributed by atoms with Gasteiger partial charge in [-0.15, -0.1) is 0 Å². The van der Waals surface area contributed by atoms with Gasteiger partial charge in [-0.05, 0) is 25.0 Å². The second kappa shape index (κ2) is 5.51. The van der Waals surface area contributed by atoms with Crippen LogP contribution in [0.2, 0.25) is 0 Å². The molecule has 0 aliphatic carbocycles. The molecule has 0 nitrogen and oxygen atoms in total. The first-order valence-electron chi connectivity index (χ1n) is 5.63. The maximum atomic E-state index is 2.51. The molecule has 1 aromatic carbocycles. The molecule has 0 radical (unpaired) electrons. The summed E-state index contributed by atoms with van der Waals surface area (Å²) in [5.41, 5.74) is 0. The molecule has 1 aromatic rings. The van der Waals surface area contributed by atoms with E-state index >= 15 is 0 Å². The normalized spacial score (nSPS) is 11.6. The van der Waals surface area contributed by atoms with Gasteiger partial charge in [-0.25, -0.2) is 0 Å². The van der Waals surface area contributed by atoms with Gasteiger partial charge in [0, 0.05) is 7.26 Å². The van der Waals surface area contributed by atoms with Crippen LogP contribution in [-0.2, 0) is 0 Å². The molecule has 14 heavy (non-hydrogen) atoms. The Balaban J connectivity index is 2.87. The molecule has 0 spiro atoms. The van der Waals surface area contributed by atoms with E-state index in [1.54, 1.807) is 5.30 Å². The highest BCUT2D eigenvalue weighted by Gasteiger charge is 2.31. The summed E-state index contributed by atoms with van der Waals surface area (Å²) in [6, 6.07) is 11.1. The second-order valence-electron chi connectivity index (χ2n) is 4.18. The molecule has 0 saturated carbocycles. The fraction of sp³-hybridized carbons (Fsp3) is 0.538. The predicted octanol–water partition coefficient (Wildman–Crippen LogP) is 3.78. The molecule has 0 amide bonds. The van der Waals surface area contributed by atoms with Crippen molar-refractivity contribution in [1.29, 1.82) is 0 Å². The minimum Gasteiger partial charge on any atom is -0.0620 e. The predicted molar refractivity (Wildman–Crippen MR) is 69.2 cm³/mol. The van der Waals surface area contributed by atoms with Crippen molar-refractivity contribution in [3.63, 3.8) is 0 Å². The van der Waals surface area contributed by atoms with Crippen LogP contribution in [0.5, 0.6) is 0 Å². The van der Waals surface area contributed by atoms with Gasteiger partial charge in [-0.1, -0.05) is 32.0 Å². The maximum absolute atomic E-state index is 2.51. The van der Waals surface area contributed by atoms with Crippen LogP contribution in [0.15, 0.2) is 30.3 Å². The zero-order valence-corrected chi connectivity index (χ0v) is 10.6. The first kappa shape index (κ1) is 11.7. The highest BCUT2D eigenvalue weighted by molar-refractivity contribution is 7.82. The average Bonchev–Trinajstić information content (AvgIpc) is 2.20. The highest BCUT2D eigenvalue weighted by atomic mass is 31.2. The SMILES string of the molecule is CCC[P+](C)(CCC)c1ccccc1. The minimum absolute atomic E-state index is 0.822. The third-order valence-corrected chi connectivity index (χ3v) is 7.23. The monoisotopic (exact) mass is 209 g/mol. The maximum Gasteiger partial charge on any atom is 0.0936 e. The van der Waals surface area contributed by atoms with Crippen molar-refractivity contribution in [3.05, 3.63) is 30.3 Å². The van der Waals surface area contributed by atoms with E-state index in [1.165, 1.54) is 25.2 Å². The Bertz CT molecular complexity index is 247. The Kier molecular flexibility index (Phi) is 4.62. The van der Waals surface area contributed by atoms with Crippen molar-refractivity contribution in [2.45, 2.75) is 26.7 Å². The zero-order chi connectivity index (χ0) is 10.4. The first-order valence-corrected chi connectivity index (χ1v) is 8.23. The van der Waals surface area contributed by atoms with E-state index in [4.69, 9.17) is 0 Å². The molecular formula is C13H22P+. The molecular weight excluding hydrogens is 187 g/mol. The van der Waals surface area contributed by atoms with E-state index < -0.39 is 7.26 Å². The number of rotatable bonds is 5. The van der Waals surface area contributed by atoms with Crippen molar-refractivity contribution in [2.75, 3.05) is 19.0 Å². The second-order valence-corrected chi connectivity index (χ2v) is 8.38. The van der Waals surface area contributed by atoms with Gasteiger partial charge in [0.1, 0.15) is 0 Å². The third-order valence-electron chi connectivity index (χ3n) is 2.81. The van der Waals surface area contributed by atoms with Gasteiger partial charge < -0.3 is 0 Å². The molecule has 0 aliphatic rings. The lowest BCUT2D eigenvalue weighted by atomic mass is 10.4. The summed E-state index contributed by atoms with van der Waals surface area (Å²) in [5.74, 6) is 0. The largest absolute Gasteiger partial charge is 0.0936 e. The molecule has 0 saturated heterocycles. The Morgan fingerprint density at radius 1 is 0.929 bits per heavy atom. The lowest BCUT2D eigenvalue weighted by molar-refractivity contribution is 1.05. The summed E-state index contributed by atoms with van der Waals surface area (Å²) in [7, 11) is -0.822. The van der Waals surface area contributed by atoms with Gasteiger partial charge in [-0.3, -0.25) is 0 Å². The Hall–Kier alpha value is -0.350. The summed E-state index contributed by atoms with van der Waals surface area (Å²) in [6.45, 7) is 7.11. The zero-order valence-electron chi connectivity index (χ0n) is 9.66. The van der Waals surface area contributed by atoms with E-state index in [0.29, 0.717) is 0 Å². The molecule has 0 aliphatic heterocycles. The van der Waals surface area contributed by atoms with Crippen LogP contribution >= 0.6 is 7.26 Å². The molecule has 0 fully saturated rings. The van der Waals surface area contributed by atoms with Gasteiger partial charge in [0.05, 0.1) is 24.3 Å². The van der Waals surface area contributed by atoms with Crippen LogP contribution in [0.1, 0.15) is 26.7 Å². The molecule has 0 N–H and O–H groups in total. The van der Waals surface area contributed by atoms with Gasteiger partial charge in [0.15, 0.2) is 0 Å². The summed E-state index contributed by atoms with van der Waals surface area (Å²) >= 11 is 0. The topological polar surface area (TPSA) is 0 Å². The van der Waals surface area contributed by atoms with Crippen molar-refractivity contribution in [2.24, 2.45) is 0 Å². The number of hydrogen-bond acceptors (Lipinski definition) is 0.